The van der Waals surface area contributed by atoms with Gasteiger partial charge in [-0.2, -0.15) is 5.10 Å². The van der Waals surface area contributed by atoms with Gasteiger partial charge >= 0.3 is 0 Å². The zero-order chi connectivity index (χ0) is 19.6. The third-order valence-electron chi connectivity index (χ3n) is 3.59. The van der Waals surface area contributed by atoms with Gasteiger partial charge in [0.25, 0.3) is 6.43 Å². The van der Waals surface area contributed by atoms with Crippen molar-refractivity contribution in [2.45, 2.75) is 26.4 Å². The number of hydrogen-bond donors (Lipinski definition) is 1. The van der Waals surface area contributed by atoms with Crippen molar-refractivity contribution in [3.8, 4) is 0 Å². The van der Waals surface area contributed by atoms with E-state index < -0.39 is 24.7 Å². The topological polar surface area (TPSA) is 77.6 Å². The van der Waals surface area contributed by atoms with Crippen LogP contribution in [0.1, 0.15) is 23.4 Å². The van der Waals surface area contributed by atoms with Crippen LogP contribution >= 0.6 is 11.6 Å². The van der Waals surface area contributed by atoms with Gasteiger partial charge in [0.2, 0.25) is 11.9 Å². The normalized spacial score (nSPS) is 11.2. The lowest BCUT2D eigenvalue weighted by atomic mass is 10.2. The fourth-order valence-corrected chi connectivity index (χ4v) is 2.65. The van der Waals surface area contributed by atoms with E-state index in [2.05, 4.69) is 20.5 Å². The third-order valence-corrected chi connectivity index (χ3v) is 3.94. The highest BCUT2D eigenvalue weighted by Crippen LogP contribution is 2.20. The lowest BCUT2D eigenvalue weighted by Gasteiger charge is -2.06. The average molecular weight is 399 g/mol. The molecule has 11 heteroatoms. The number of hydrogen-bond acceptors (Lipinski definition) is 4. The summed E-state index contributed by atoms with van der Waals surface area (Å²) >= 11 is 5.96. The summed E-state index contributed by atoms with van der Waals surface area (Å²) in [5, 5.41) is 10.6. The highest BCUT2D eigenvalue weighted by atomic mass is 35.5. The van der Waals surface area contributed by atoms with E-state index in [0.717, 1.165) is 4.68 Å². The number of amides is 1. The van der Waals surface area contributed by atoms with Crippen molar-refractivity contribution in [1.82, 2.24) is 24.5 Å². The maximum absolute atomic E-state index is 13.1. The number of anilines is 1. The molecule has 0 spiro atoms. The van der Waals surface area contributed by atoms with Gasteiger partial charge in [0.05, 0.1) is 12.2 Å². The van der Waals surface area contributed by atoms with E-state index in [1.54, 1.807) is 6.92 Å². The maximum atomic E-state index is 13.1. The summed E-state index contributed by atoms with van der Waals surface area (Å²) in [5.74, 6) is -1.05. The molecule has 1 aromatic carbocycles. The van der Waals surface area contributed by atoms with Gasteiger partial charge in [-0.25, -0.2) is 22.8 Å². The summed E-state index contributed by atoms with van der Waals surface area (Å²) < 4.78 is 41.3. The molecule has 2 heterocycles. The molecule has 0 unspecified atom stereocenters. The number of carbonyl (C=O) groups is 1. The molecule has 0 atom stereocenters. The number of benzene rings is 1. The van der Waals surface area contributed by atoms with Gasteiger partial charge in [0.15, 0.2) is 0 Å². The summed E-state index contributed by atoms with van der Waals surface area (Å²) in [6.07, 6.45) is -1.38. The van der Waals surface area contributed by atoms with Crippen molar-refractivity contribution in [2.24, 2.45) is 0 Å². The summed E-state index contributed by atoms with van der Waals surface area (Å²) in [7, 11) is 0. The highest BCUT2D eigenvalue weighted by molar-refractivity contribution is 6.31. The molecule has 142 valence electrons. The second kappa shape index (κ2) is 7.78. The number of nitrogens with one attached hydrogen (secondary N) is 1. The molecule has 0 aliphatic carbocycles. The molecule has 2 aromatic heterocycles. The molecule has 7 nitrogen and oxygen atoms in total. The van der Waals surface area contributed by atoms with E-state index in [-0.39, 0.29) is 23.2 Å². The van der Waals surface area contributed by atoms with Crippen molar-refractivity contribution in [3.63, 3.8) is 0 Å². The fraction of sp³-hybridized carbons (Fsp3) is 0.250. The Bertz CT molecular complexity index is 971. The van der Waals surface area contributed by atoms with E-state index in [4.69, 9.17) is 11.6 Å². The van der Waals surface area contributed by atoms with Crippen LogP contribution in [0.4, 0.5) is 19.1 Å². The third kappa shape index (κ3) is 4.64. The van der Waals surface area contributed by atoms with Gasteiger partial charge in [0, 0.05) is 5.02 Å². The smallest absolute Gasteiger partial charge is 0.280 e. The van der Waals surface area contributed by atoms with E-state index in [9.17, 15) is 18.0 Å². The molecule has 1 amide bonds. The number of nitrogens with zero attached hydrogens (tertiary/aromatic N) is 5. The van der Waals surface area contributed by atoms with E-state index in [1.807, 2.05) is 0 Å². The van der Waals surface area contributed by atoms with Gasteiger partial charge in [0.1, 0.15) is 24.4 Å². The quantitative estimate of drug-likeness (QED) is 0.691. The molecule has 3 rings (SSSR count). The van der Waals surface area contributed by atoms with Gasteiger partial charge in [-0.3, -0.25) is 14.8 Å². The summed E-state index contributed by atoms with van der Waals surface area (Å²) in [5.41, 5.74) is 0.665. The van der Waals surface area contributed by atoms with Crippen LogP contribution in [0.25, 0.3) is 0 Å². The first-order valence-corrected chi connectivity index (χ1v) is 8.15. The first-order valence-electron chi connectivity index (χ1n) is 7.77. The number of alkyl halides is 2. The van der Waals surface area contributed by atoms with Gasteiger partial charge in [-0.05, 0) is 30.7 Å². The van der Waals surface area contributed by atoms with Gasteiger partial charge < -0.3 is 0 Å². The Morgan fingerprint density at radius 1 is 1.30 bits per heavy atom. The zero-order valence-electron chi connectivity index (χ0n) is 14.0. The first-order chi connectivity index (χ1) is 12.8. The van der Waals surface area contributed by atoms with Crippen molar-refractivity contribution >= 4 is 23.5 Å². The lowest BCUT2D eigenvalue weighted by Crippen LogP contribution is -2.21. The molecule has 0 aliphatic heterocycles. The average Bonchev–Trinajstić information content (AvgIpc) is 3.16. The standard InChI is InChI=1S/C16H14ClF3N6O/c1-9-4-13(15(19)20)26(23-9)7-14(27)22-16-21-8-25(24-16)6-10-2-3-11(18)5-12(10)17/h2-5,8,15H,6-7H2,1H3,(H,22,24,27). The summed E-state index contributed by atoms with van der Waals surface area (Å²) in [4.78, 5) is 16.0. The van der Waals surface area contributed by atoms with Gasteiger partial charge in [-0.1, -0.05) is 17.7 Å². The highest BCUT2D eigenvalue weighted by Gasteiger charge is 2.18. The van der Waals surface area contributed by atoms with Crippen molar-refractivity contribution in [3.05, 3.63) is 58.4 Å². The van der Waals surface area contributed by atoms with Crippen LogP contribution < -0.4 is 5.32 Å². The van der Waals surface area contributed by atoms with Crippen LogP contribution in [0, 0.1) is 12.7 Å². The van der Waals surface area contributed by atoms with Crippen molar-refractivity contribution in [1.29, 1.82) is 0 Å². The van der Waals surface area contributed by atoms with Crippen molar-refractivity contribution < 1.29 is 18.0 Å². The molecule has 0 bridgehead atoms. The molecule has 1 N–H and O–H groups in total. The summed E-state index contributed by atoms with van der Waals surface area (Å²) in [6, 6.07) is 5.19. The Morgan fingerprint density at radius 3 is 2.78 bits per heavy atom. The van der Waals surface area contributed by atoms with Crippen LogP contribution in [0.2, 0.25) is 5.02 Å². The molecule has 3 aromatic rings. The number of halogens is 4. The molecule has 0 saturated carbocycles. The van der Waals surface area contributed by atoms with Crippen LogP contribution in [0.3, 0.4) is 0 Å². The molecule has 0 aliphatic rings. The largest absolute Gasteiger partial charge is 0.292 e. The maximum Gasteiger partial charge on any atom is 0.280 e. The first kappa shape index (κ1) is 18.9. The lowest BCUT2D eigenvalue weighted by molar-refractivity contribution is -0.117. The monoisotopic (exact) mass is 398 g/mol. The van der Waals surface area contributed by atoms with E-state index in [0.29, 0.717) is 11.3 Å². The predicted octanol–water partition coefficient (Wildman–Crippen LogP) is 3.20. The fourth-order valence-electron chi connectivity index (χ4n) is 2.42. The van der Waals surface area contributed by atoms with Crippen LogP contribution in [-0.4, -0.2) is 30.5 Å². The van der Waals surface area contributed by atoms with Gasteiger partial charge in [-0.15, -0.1) is 5.10 Å². The molecule has 0 fully saturated rings. The Hall–Kier alpha value is -2.88. The molecule has 0 saturated heterocycles. The van der Waals surface area contributed by atoms with E-state index >= 15 is 0 Å². The van der Waals surface area contributed by atoms with E-state index in [1.165, 1.54) is 35.3 Å². The minimum absolute atomic E-state index is 0.000657. The molecular formula is C16H14ClF3N6O. The second-order valence-electron chi connectivity index (χ2n) is 5.72. The SMILES string of the molecule is Cc1cc(C(F)F)n(CC(=O)Nc2ncn(Cc3ccc(F)cc3Cl)n2)n1. The Kier molecular flexibility index (Phi) is 5.45. The second-order valence-corrected chi connectivity index (χ2v) is 6.13. The number of aryl methyl sites for hydroxylation is 1. The number of carbonyl (C=O) groups excluding carboxylic acids is 1. The summed E-state index contributed by atoms with van der Waals surface area (Å²) in [6.45, 7) is 1.38. The molecule has 27 heavy (non-hydrogen) atoms. The molecule has 0 radical (unpaired) electrons. The number of rotatable bonds is 6. The Morgan fingerprint density at radius 2 is 2.07 bits per heavy atom. The zero-order valence-corrected chi connectivity index (χ0v) is 14.8. The van der Waals surface area contributed by atoms with Crippen LogP contribution in [0.5, 0.6) is 0 Å². The van der Waals surface area contributed by atoms with Crippen LogP contribution in [-0.2, 0) is 17.9 Å². The number of aromatic nitrogens is 5. The van der Waals surface area contributed by atoms with Crippen LogP contribution in [0.15, 0.2) is 30.6 Å². The Balaban J connectivity index is 1.64. The van der Waals surface area contributed by atoms with Crippen molar-refractivity contribution in [2.75, 3.05) is 5.32 Å². The minimum Gasteiger partial charge on any atom is -0.292 e. The molecular weight excluding hydrogens is 385 g/mol. The minimum atomic E-state index is -2.74. The predicted molar refractivity (Wildman–Crippen MR) is 91.1 cm³/mol. The Labute approximate surface area is 156 Å².